The van der Waals surface area contributed by atoms with E-state index in [2.05, 4.69) is 26.6 Å². The first-order chi connectivity index (χ1) is 21.2. The molecular formula is C29H33N7O8. The summed E-state index contributed by atoms with van der Waals surface area (Å²) >= 11 is 0. The van der Waals surface area contributed by atoms with Crippen molar-refractivity contribution >= 4 is 41.7 Å². The van der Waals surface area contributed by atoms with Gasteiger partial charge in [0.1, 0.15) is 24.7 Å². The maximum atomic E-state index is 13.5. The van der Waals surface area contributed by atoms with Gasteiger partial charge in [-0.05, 0) is 18.1 Å². The Morgan fingerprint density at radius 1 is 0.909 bits per heavy atom. The molecule has 3 unspecified atom stereocenters. The van der Waals surface area contributed by atoms with Crippen molar-refractivity contribution in [3.8, 4) is 0 Å². The zero-order valence-electron chi connectivity index (χ0n) is 23.9. The van der Waals surface area contributed by atoms with Crippen molar-refractivity contribution < 1.29 is 38.3 Å². The molecule has 3 atom stereocenters. The molecule has 0 bridgehead atoms. The number of amides is 8. The number of urea groups is 1. The van der Waals surface area contributed by atoms with E-state index < -0.39 is 60.4 Å². The Hall–Kier alpha value is -5.47. The fraction of sp³-hybridized carbons (Fsp3) is 0.345. The molecule has 4 rings (SSSR count). The van der Waals surface area contributed by atoms with Crippen molar-refractivity contribution in [1.29, 1.82) is 0 Å². The molecule has 0 spiro atoms. The van der Waals surface area contributed by atoms with Gasteiger partial charge in [0.05, 0.1) is 0 Å². The minimum atomic E-state index is -1.48. The number of carbonyl (C=O) groups excluding carboxylic acids is 7. The van der Waals surface area contributed by atoms with Crippen LogP contribution in [-0.4, -0.2) is 96.3 Å². The first-order valence-corrected chi connectivity index (χ1v) is 14.0. The summed E-state index contributed by atoms with van der Waals surface area (Å²) in [5, 5.41) is 12.4. The van der Waals surface area contributed by atoms with Crippen LogP contribution in [0, 0.1) is 0 Å². The Morgan fingerprint density at radius 3 is 2.20 bits per heavy atom. The van der Waals surface area contributed by atoms with E-state index in [0.29, 0.717) is 17.7 Å². The van der Waals surface area contributed by atoms with Crippen LogP contribution < -0.4 is 26.6 Å². The van der Waals surface area contributed by atoms with Crippen LogP contribution in [-0.2, 0) is 35.3 Å². The SMILES string of the molecule is CCN1CCN(C(=O)NCC(NC(=O)OCc2ccccc2)C(=O)NC(C(=O)NC2CNC2=O)c2ccccc2)C(=O)C1=O. The number of likely N-dealkylation sites (N-methyl/N-ethyl adjacent to an activating group) is 1. The van der Waals surface area contributed by atoms with Gasteiger partial charge in [-0.3, -0.25) is 28.9 Å². The molecule has 15 nitrogen and oxygen atoms in total. The molecule has 15 heteroatoms. The molecule has 2 aromatic rings. The van der Waals surface area contributed by atoms with Crippen LogP contribution >= 0.6 is 0 Å². The molecular weight excluding hydrogens is 574 g/mol. The van der Waals surface area contributed by atoms with Crippen molar-refractivity contribution in [2.24, 2.45) is 0 Å². The van der Waals surface area contributed by atoms with E-state index in [1.807, 2.05) is 0 Å². The molecule has 0 radical (unpaired) electrons. The molecule has 2 heterocycles. The molecule has 0 saturated carbocycles. The Bertz CT molecular complexity index is 1400. The second kappa shape index (κ2) is 14.6. The molecule has 2 fully saturated rings. The van der Waals surface area contributed by atoms with Gasteiger partial charge in [0.15, 0.2) is 0 Å². The molecule has 2 aromatic carbocycles. The third-order valence-electron chi connectivity index (χ3n) is 7.01. The topological polar surface area (TPSA) is 195 Å². The monoisotopic (exact) mass is 607 g/mol. The van der Waals surface area contributed by atoms with E-state index in [4.69, 9.17) is 4.74 Å². The number of imide groups is 1. The second-order valence-corrected chi connectivity index (χ2v) is 9.94. The third-order valence-corrected chi connectivity index (χ3v) is 7.01. The van der Waals surface area contributed by atoms with Gasteiger partial charge in [-0.15, -0.1) is 0 Å². The number of hydrogen-bond acceptors (Lipinski definition) is 8. The van der Waals surface area contributed by atoms with E-state index in [9.17, 15) is 33.6 Å². The minimum absolute atomic E-state index is 0.0569. The van der Waals surface area contributed by atoms with Gasteiger partial charge < -0.3 is 36.2 Å². The lowest BCUT2D eigenvalue weighted by Gasteiger charge is -2.32. The molecule has 2 aliphatic rings. The van der Waals surface area contributed by atoms with E-state index in [1.54, 1.807) is 67.6 Å². The summed E-state index contributed by atoms with van der Waals surface area (Å²) in [5.41, 5.74) is 1.08. The van der Waals surface area contributed by atoms with E-state index in [0.717, 1.165) is 4.90 Å². The number of carbonyl (C=O) groups is 7. The first-order valence-electron chi connectivity index (χ1n) is 14.0. The van der Waals surface area contributed by atoms with Crippen molar-refractivity contribution in [3.63, 3.8) is 0 Å². The Balaban J connectivity index is 1.47. The Morgan fingerprint density at radius 2 is 1.59 bits per heavy atom. The van der Waals surface area contributed by atoms with Gasteiger partial charge in [-0.25, -0.2) is 9.59 Å². The van der Waals surface area contributed by atoms with Gasteiger partial charge in [-0.2, -0.15) is 0 Å². The van der Waals surface area contributed by atoms with E-state index in [1.165, 1.54) is 4.90 Å². The number of nitrogens with zero attached hydrogens (tertiary/aromatic N) is 2. The van der Waals surface area contributed by atoms with Gasteiger partial charge in [0, 0.05) is 32.7 Å². The molecule has 2 aliphatic heterocycles. The molecule has 0 aromatic heterocycles. The van der Waals surface area contributed by atoms with Crippen LogP contribution in [0.25, 0.3) is 0 Å². The predicted molar refractivity (Wildman–Crippen MR) is 153 cm³/mol. The number of rotatable bonds is 11. The lowest BCUT2D eigenvalue weighted by Crippen LogP contribution is -2.63. The fourth-order valence-corrected chi connectivity index (χ4v) is 4.42. The number of benzene rings is 2. The second-order valence-electron chi connectivity index (χ2n) is 9.94. The van der Waals surface area contributed by atoms with Crippen LogP contribution in [0.2, 0.25) is 0 Å². The van der Waals surface area contributed by atoms with Gasteiger partial charge in [0.25, 0.3) is 0 Å². The van der Waals surface area contributed by atoms with Gasteiger partial charge in [-0.1, -0.05) is 60.7 Å². The van der Waals surface area contributed by atoms with Crippen molar-refractivity contribution in [1.82, 2.24) is 36.4 Å². The minimum Gasteiger partial charge on any atom is -0.445 e. The molecule has 44 heavy (non-hydrogen) atoms. The zero-order chi connectivity index (χ0) is 31.6. The normalized spacial score (nSPS) is 17.4. The van der Waals surface area contributed by atoms with Gasteiger partial charge >= 0.3 is 23.9 Å². The van der Waals surface area contributed by atoms with Gasteiger partial charge in [0.2, 0.25) is 17.7 Å². The standard InChI is InChI=1S/C29H33N7O8/c1-2-35-13-14-36(27(41)26(35)40)28(42)31-16-21(33-29(43)44-17-18-9-5-3-6-10-18)24(38)34-22(19-11-7-4-8-12-19)25(39)32-20-15-30-23(20)37/h3-12,20-22H,2,13-17H2,1H3,(H,30,37)(H,31,42)(H,32,39)(H,33,43)(H,34,38). The summed E-state index contributed by atoms with van der Waals surface area (Å²) in [6.07, 6.45) is -0.988. The summed E-state index contributed by atoms with van der Waals surface area (Å²) in [6, 6.07) is 12.6. The summed E-state index contributed by atoms with van der Waals surface area (Å²) in [5.74, 6) is -3.76. The van der Waals surface area contributed by atoms with Crippen LogP contribution in [0.3, 0.4) is 0 Å². The quantitative estimate of drug-likeness (QED) is 0.161. The van der Waals surface area contributed by atoms with Crippen LogP contribution in [0.15, 0.2) is 60.7 Å². The third kappa shape index (κ3) is 7.87. The molecule has 0 aliphatic carbocycles. The smallest absolute Gasteiger partial charge is 0.408 e. The van der Waals surface area contributed by atoms with E-state index >= 15 is 0 Å². The van der Waals surface area contributed by atoms with E-state index in [-0.39, 0.29) is 32.1 Å². The molecule has 5 N–H and O–H groups in total. The Labute approximate surface area is 252 Å². The number of piperazine rings is 1. The van der Waals surface area contributed by atoms with Crippen LogP contribution in [0.1, 0.15) is 24.1 Å². The fourth-order valence-electron chi connectivity index (χ4n) is 4.42. The largest absolute Gasteiger partial charge is 0.445 e. The van der Waals surface area contributed by atoms with Crippen molar-refractivity contribution in [3.05, 3.63) is 71.8 Å². The number of ether oxygens (including phenoxy) is 1. The first kappa shape index (κ1) is 31.5. The average molecular weight is 608 g/mol. The Kier molecular flexibility index (Phi) is 10.5. The van der Waals surface area contributed by atoms with Crippen molar-refractivity contribution in [2.45, 2.75) is 31.7 Å². The molecule has 232 valence electrons. The number of β-lactam (4-membered cyclic amide) rings is 1. The lowest BCUT2D eigenvalue weighted by molar-refractivity contribution is -0.153. The highest BCUT2D eigenvalue weighted by molar-refractivity contribution is 6.38. The number of hydrogen-bond donors (Lipinski definition) is 5. The average Bonchev–Trinajstić information content (AvgIpc) is 3.04. The summed E-state index contributed by atoms with van der Waals surface area (Å²) in [6.45, 7) is 1.71. The highest BCUT2D eigenvalue weighted by atomic mass is 16.5. The van der Waals surface area contributed by atoms with Crippen LogP contribution in [0.4, 0.5) is 9.59 Å². The highest BCUT2D eigenvalue weighted by Gasteiger charge is 2.37. The molecule has 8 amide bonds. The maximum absolute atomic E-state index is 13.5. The summed E-state index contributed by atoms with van der Waals surface area (Å²) < 4.78 is 5.23. The van der Waals surface area contributed by atoms with Crippen molar-refractivity contribution in [2.75, 3.05) is 32.7 Å². The number of alkyl carbamates (subject to hydrolysis) is 1. The predicted octanol–water partition coefficient (Wildman–Crippen LogP) is -0.846. The molecule has 2 saturated heterocycles. The highest BCUT2D eigenvalue weighted by Crippen LogP contribution is 2.14. The van der Waals surface area contributed by atoms with Crippen LogP contribution in [0.5, 0.6) is 0 Å². The maximum Gasteiger partial charge on any atom is 0.408 e. The summed E-state index contributed by atoms with van der Waals surface area (Å²) in [7, 11) is 0. The lowest BCUT2D eigenvalue weighted by atomic mass is 10.0. The summed E-state index contributed by atoms with van der Waals surface area (Å²) in [4.78, 5) is 90.7. The number of nitrogens with one attached hydrogen (secondary N) is 5. The zero-order valence-corrected chi connectivity index (χ0v) is 23.9.